The Hall–Kier alpha value is -0.305. The fraction of sp³-hybridized carbons (Fsp3) is 0.750. The Balaban J connectivity index is 3.34. The van der Waals surface area contributed by atoms with E-state index in [-0.39, 0.29) is 11.7 Å². The SMILES string of the molecule is BC(=O)C(N)CC. The van der Waals surface area contributed by atoms with Gasteiger partial charge in [0.1, 0.15) is 0 Å². The maximum Gasteiger partial charge on any atom is 0.189 e. The number of hydrogen-bond donors (Lipinski definition) is 1. The van der Waals surface area contributed by atoms with Crippen LogP contribution in [0, 0.1) is 0 Å². The molecular formula is C4H10BNO. The summed E-state index contributed by atoms with van der Waals surface area (Å²) in [7, 11) is 1.51. The van der Waals surface area contributed by atoms with Gasteiger partial charge in [0.2, 0.25) is 0 Å². The van der Waals surface area contributed by atoms with E-state index in [0.717, 1.165) is 6.42 Å². The van der Waals surface area contributed by atoms with Gasteiger partial charge in [-0.15, -0.1) is 0 Å². The van der Waals surface area contributed by atoms with Crippen molar-refractivity contribution in [2.45, 2.75) is 19.4 Å². The minimum atomic E-state index is -0.236. The van der Waals surface area contributed by atoms with Crippen LogP contribution in [0.1, 0.15) is 13.3 Å². The first kappa shape index (κ1) is 6.69. The number of nitrogens with two attached hydrogens (primary N) is 1. The molecule has 0 aromatic carbocycles. The largest absolute Gasteiger partial charge is 0.322 e. The fourth-order valence-corrected chi connectivity index (χ4v) is 0.287. The monoisotopic (exact) mass is 99.1 g/mol. The molecular weight excluding hydrogens is 88.9 g/mol. The molecule has 1 atom stereocenters. The first-order valence-corrected chi connectivity index (χ1v) is 2.44. The van der Waals surface area contributed by atoms with Crippen LogP contribution in [0.5, 0.6) is 0 Å². The summed E-state index contributed by atoms with van der Waals surface area (Å²) >= 11 is 0. The van der Waals surface area contributed by atoms with Crippen LogP contribution in [0.2, 0.25) is 0 Å². The molecule has 0 saturated heterocycles. The minimum Gasteiger partial charge on any atom is -0.322 e. The zero-order chi connectivity index (χ0) is 5.86. The lowest BCUT2D eigenvalue weighted by Crippen LogP contribution is -2.29. The number of hydrogen-bond acceptors (Lipinski definition) is 2. The van der Waals surface area contributed by atoms with E-state index in [1.807, 2.05) is 6.92 Å². The molecule has 0 aliphatic rings. The number of rotatable bonds is 2. The molecule has 0 aliphatic heterocycles. The summed E-state index contributed by atoms with van der Waals surface area (Å²) in [6, 6.07) is -0.236. The van der Waals surface area contributed by atoms with Gasteiger partial charge in [0.25, 0.3) is 0 Å². The van der Waals surface area contributed by atoms with Crippen LogP contribution in [0.3, 0.4) is 0 Å². The van der Waals surface area contributed by atoms with Crippen molar-refractivity contribution in [3.05, 3.63) is 0 Å². The van der Waals surface area contributed by atoms with E-state index in [0.29, 0.717) is 0 Å². The third kappa shape index (κ3) is 2.40. The second-order valence-corrected chi connectivity index (χ2v) is 1.63. The van der Waals surface area contributed by atoms with E-state index in [1.54, 1.807) is 0 Å². The highest BCUT2D eigenvalue weighted by Gasteiger charge is 2.01. The van der Waals surface area contributed by atoms with Gasteiger partial charge in [-0.25, -0.2) is 0 Å². The Morgan fingerprint density at radius 3 is 2.43 bits per heavy atom. The molecule has 0 aromatic rings. The van der Waals surface area contributed by atoms with Crippen LogP contribution in [-0.2, 0) is 4.79 Å². The van der Waals surface area contributed by atoms with Crippen molar-refractivity contribution >= 4 is 13.5 Å². The van der Waals surface area contributed by atoms with Crippen molar-refractivity contribution in [3.63, 3.8) is 0 Å². The molecule has 3 heteroatoms. The third-order valence-electron chi connectivity index (χ3n) is 0.962. The molecule has 0 aromatic heterocycles. The van der Waals surface area contributed by atoms with Gasteiger partial charge < -0.3 is 10.5 Å². The molecule has 0 bridgehead atoms. The van der Waals surface area contributed by atoms with Gasteiger partial charge in [-0.05, 0) is 6.42 Å². The van der Waals surface area contributed by atoms with Crippen LogP contribution in [0.25, 0.3) is 0 Å². The van der Waals surface area contributed by atoms with Crippen molar-refractivity contribution in [2.24, 2.45) is 5.73 Å². The first-order chi connectivity index (χ1) is 3.18. The molecule has 0 heterocycles. The zero-order valence-electron chi connectivity index (χ0n) is 4.77. The standard InChI is InChI=1S/C4H10BNO/c1-2-3(6)4(5)7/h3H,2,5-6H2,1H3. The van der Waals surface area contributed by atoms with E-state index in [1.165, 1.54) is 7.85 Å². The van der Waals surface area contributed by atoms with E-state index < -0.39 is 0 Å². The average molecular weight is 98.9 g/mol. The summed E-state index contributed by atoms with van der Waals surface area (Å²) in [6.07, 6.45) is 0.745. The van der Waals surface area contributed by atoms with Crippen molar-refractivity contribution in [2.75, 3.05) is 0 Å². The Labute approximate surface area is 44.5 Å². The predicted octanol–water partition coefficient (Wildman–Crippen LogP) is -1.12. The predicted molar refractivity (Wildman–Crippen MR) is 31.8 cm³/mol. The summed E-state index contributed by atoms with van der Waals surface area (Å²) in [5.41, 5.74) is 5.34. The van der Waals surface area contributed by atoms with Crippen molar-refractivity contribution in [1.82, 2.24) is 0 Å². The highest BCUT2D eigenvalue weighted by atomic mass is 16.1. The lowest BCUT2D eigenvalue weighted by Gasteiger charge is -1.99. The van der Waals surface area contributed by atoms with Crippen LogP contribution in [0.4, 0.5) is 0 Å². The molecule has 40 valence electrons. The average Bonchev–Trinajstić information content (AvgIpc) is 1.65. The zero-order valence-corrected chi connectivity index (χ0v) is 4.77. The van der Waals surface area contributed by atoms with Crippen LogP contribution in [-0.4, -0.2) is 19.6 Å². The summed E-state index contributed by atoms with van der Waals surface area (Å²) < 4.78 is 0. The van der Waals surface area contributed by atoms with Gasteiger partial charge in [0.05, 0.1) is 11.7 Å². The second-order valence-electron chi connectivity index (χ2n) is 1.63. The first-order valence-electron chi connectivity index (χ1n) is 2.44. The molecule has 2 nitrogen and oxygen atoms in total. The second kappa shape index (κ2) is 2.80. The molecule has 0 saturated carbocycles. The van der Waals surface area contributed by atoms with E-state index in [2.05, 4.69) is 0 Å². The quantitative estimate of drug-likeness (QED) is 0.445. The van der Waals surface area contributed by atoms with E-state index in [9.17, 15) is 4.79 Å². The van der Waals surface area contributed by atoms with Gasteiger partial charge in [0, 0.05) is 0 Å². The molecule has 2 N–H and O–H groups in total. The van der Waals surface area contributed by atoms with Crippen LogP contribution >= 0.6 is 0 Å². The molecule has 1 unspecified atom stereocenters. The Morgan fingerprint density at radius 2 is 2.43 bits per heavy atom. The summed E-state index contributed by atoms with van der Waals surface area (Å²) in [6.45, 7) is 1.89. The minimum absolute atomic E-state index is 0.0718. The van der Waals surface area contributed by atoms with Crippen molar-refractivity contribution in [3.8, 4) is 0 Å². The molecule has 0 rings (SSSR count). The molecule has 7 heavy (non-hydrogen) atoms. The summed E-state index contributed by atoms with van der Waals surface area (Å²) in [4.78, 5) is 10.2. The van der Waals surface area contributed by atoms with Gasteiger partial charge >= 0.3 is 0 Å². The van der Waals surface area contributed by atoms with Gasteiger partial charge in [-0.2, -0.15) is 0 Å². The fourth-order valence-electron chi connectivity index (χ4n) is 0.287. The normalized spacial score (nSPS) is 13.4. The van der Waals surface area contributed by atoms with Gasteiger partial charge in [-0.1, -0.05) is 6.92 Å². The van der Waals surface area contributed by atoms with Gasteiger partial charge in [-0.3, -0.25) is 0 Å². The molecule has 0 spiro atoms. The summed E-state index contributed by atoms with van der Waals surface area (Å²) in [5, 5.41) is 0. The highest BCUT2D eigenvalue weighted by Crippen LogP contribution is 1.81. The molecule has 0 fully saturated rings. The Bertz CT molecular complexity index is 74.1. The maximum atomic E-state index is 10.2. The van der Waals surface area contributed by atoms with Crippen molar-refractivity contribution in [1.29, 1.82) is 0 Å². The number of carbonyl (C=O) groups is 1. The smallest absolute Gasteiger partial charge is 0.189 e. The van der Waals surface area contributed by atoms with E-state index in [4.69, 9.17) is 5.73 Å². The number of carbonyl (C=O) groups excluding carboxylic acids is 1. The third-order valence-corrected chi connectivity index (χ3v) is 0.962. The lowest BCUT2D eigenvalue weighted by molar-refractivity contribution is -0.112. The van der Waals surface area contributed by atoms with Crippen molar-refractivity contribution < 1.29 is 4.79 Å². The maximum absolute atomic E-state index is 10.2. The lowest BCUT2D eigenvalue weighted by atomic mass is 9.94. The van der Waals surface area contributed by atoms with E-state index >= 15 is 0 Å². The van der Waals surface area contributed by atoms with Crippen LogP contribution < -0.4 is 5.73 Å². The molecule has 0 aliphatic carbocycles. The van der Waals surface area contributed by atoms with Crippen LogP contribution in [0.15, 0.2) is 0 Å². The molecule has 0 amide bonds. The Morgan fingerprint density at radius 1 is 2.00 bits per heavy atom. The highest BCUT2D eigenvalue weighted by molar-refractivity contribution is 6.59. The Kier molecular flexibility index (Phi) is 2.68. The van der Waals surface area contributed by atoms with Gasteiger partial charge in [0.15, 0.2) is 7.85 Å². The molecule has 0 radical (unpaired) electrons. The topological polar surface area (TPSA) is 43.1 Å². The summed E-state index contributed by atoms with van der Waals surface area (Å²) in [5.74, 6) is 0.